The molecular formula is C22H34O9. The molecule has 176 valence electrons. The third-order valence-electron chi connectivity index (χ3n) is 6.22. The van der Waals surface area contributed by atoms with Gasteiger partial charge in [-0.3, -0.25) is 0 Å². The molecule has 0 aromatic carbocycles. The van der Waals surface area contributed by atoms with Gasteiger partial charge in [0, 0.05) is 5.92 Å². The van der Waals surface area contributed by atoms with Gasteiger partial charge in [-0.25, -0.2) is 0 Å². The van der Waals surface area contributed by atoms with Crippen LogP contribution in [0.15, 0.2) is 12.2 Å². The van der Waals surface area contributed by atoms with Gasteiger partial charge >= 0.3 is 0 Å². The Hall–Kier alpha value is -0.620. The van der Waals surface area contributed by atoms with E-state index < -0.39 is 29.9 Å². The van der Waals surface area contributed by atoms with Crippen molar-refractivity contribution in [1.82, 2.24) is 0 Å². The van der Waals surface area contributed by atoms with Crippen LogP contribution in [0.2, 0.25) is 0 Å². The Morgan fingerprint density at radius 2 is 1.45 bits per heavy atom. The summed E-state index contributed by atoms with van der Waals surface area (Å²) < 4.78 is 54.0. The second-order valence-electron chi connectivity index (χ2n) is 10.2. The zero-order valence-electron chi connectivity index (χ0n) is 19.1. The van der Waals surface area contributed by atoms with E-state index in [1.165, 1.54) is 0 Å². The summed E-state index contributed by atoms with van der Waals surface area (Å²) in [5, 5.41) is 0. The number of hydrogen-bond donors (Lipinski definition) is 0. The molecule has 0 aliphatic carbocycles. The lowest BCUT2D eigenvalue weighted by Crippen LogP contribution is -2.52. The summed E-state index contributed by atoms with van der Waals surface area (Å²) in [7, 11) is 0. The van der Waals surface area contributed by atoms with E-state index in [-0.39, 0.29) is 36.4 Å². The molecule has 5 rings (SSSR count). The third kappa shape index (κ3) is 4.58. The second kappa shape index (κ2) is 7.72. The van der Waals surface area contributed by atoms with Crippen LogP contribution in [0.1, 0.15) is 41.5 Å². The Kier molecular flexibility index (Phi) is 5.52. The minimum Gasteiger partial charge on any atom is -0.348 e. The van der Waals surface area contributed by atoms with Gasteiger partial charge in [-0.05, 0) is 47.6 Å². The Morgan fingerprint density at radius 3 is 2.19 bits per heavy atom. The highest BCUT2D eigenvalue weighted by atomic mass is 16.8. The van der Waals surface area contributed by atoms with Crippen LogP contribution in [0.4, 0.5) is 0 Å². The van der Waals surface area contributed by atoms with E-state index in [0.717, 1.165) is 0 Å². The molecule has 0 radical (unpaired) electrons. The predicted molar refractivity (Wildman–Crippen MR) is 106 cm³/mol. The van der Waals surface area contributed by atoms with Crippen molar-refractivity contribution in [3.05, 3.63) is 12.2 Å². The Bertz CT molecular complexity index is 705. The summed E-state index contributed by atoms with van der Waals surface area (Å²) in [6, 6.07) is 0. The zero-order valence-corrected chi connectivity index (χ0v) is 19.1. The lowest BCUT2D eigenvalue weighted by molar-refractivity contribution is -0.320. The Balaban J connectivity index is 1.25. The van der Waals surface area contributed by atoms with Crippen LogP contribution >= 0.6 is 0 Å². The normalized spacial score (nSPS) is 47.3. The maximum absolute atomic E-state index is 6.23. The van der Waals surface area contributed by atoms with Gasteiger partial charge in [0.05, 0.1) is 25.9 Å². The molecule has 0 spiro atoms. The van der Waals surface area contributed by atoms with Gasteiger partial charge in [0.25, 0.3) is 0 Å². The van der Waals surface area contributed by atoms with Crippen LogP contribution in [-0.4, -0.2) is 80.3 Å². The fraction of sp³-hybridized carbons (Fsp3) is 0.909. The van der Waals surface area contributed by atoms with Gasteiger partial charge in [0.1, 0.15) is 24.4 Å². The molecule has 5 heterocycles. The molecule has 5 aliphatic heterocycles. The molecule has 0 N–H and O–H groups in total. The zero-order chi connectivity index (χ0) is 22.0. The molecule has 31 heavy (non-hydrogen) atoms. The van der Waals surface area contributed by atoms with Crippen LogP contribution in [-0.2, 0) is 42.6 Å². The van der Waals surface area contributed by atoms with Crippen molar-refractivity contribution < 1.29 is 42.6 Å². The highest BCUT2D eigenvalue weighted by Gasteiger charge is 2.58. The summed E-state index contributed by atoms with van der Waals surface area (Å²) in [6.45, 7) is 12.6. The van der Waals surface area contributed by atoms with Crippen molar-refractivity contribution in [3.8, 4) is 0 Å². The van der Waals surface area contributed by atoms with E-state index in [1.807, 2.05) is 53.7 Å². The van der Waals surface area contributed by atoms with Crippen LogP contribution < -0.4 is 0 Å². The standard InChI is InChI=1S/C22H34O9/c1-20(2)24-10-14-13(28-20)7-8-16(26-14)23-9-12-17(15-11-25-21(3,4)29-15)27-19-18(12)30-22(5,6)31-19/h7-8,12-19H,9-11H2,1-6H3/t12-,13-,14+,15+,16+,17-,18+,19+/m0/s1. The molecule has 4 fully saturated rings. The van der Waals surface area contributed by atoms with E-state index >= 15 is 0 Å². The maximum Gasteiger partial charge on any atom is 0.188 e. The topological polar surface area (TPSA) is 83.1 Å². The minimum absolute atomic E-state index is 0.0956. The fourth-order valence-corrected chi connectivity index (χ4v) is 4.84. The first-order chi connectivity index (χ1) is 14.5. The molecule has 0 saturated carbocycles. The quantitative estimate of drug-likeness (QED) is 0.608. The number of fused-ring (bicyclic) bond motifs is 2. The lowest BCUT2D eigenvalue weighted by Gasteiger charge is -2.42. The molecule has 0 amide bonds. The molecule has 0 bridgehead atoms. The second-order valence-corrected chi connectivity index (χ2v) is 10.2. The first kappa shape index (κ1) is 22.2. The number of rotatable bonds is 4. The lowest BCUT2D eigenvalue weighted by atomic mass is 9.95. The average Bonchev–Trinajstić information content (AvgIpc) is 3.28. The summed E-state index contributed by atoms with van der Waals surface area (Å²) in [5.74, 6) is -2.06. The van der Waals surface area contributed by atoms with E-state index in [1.54, 1.807) is 0 Å². The van der Waals surface area contributed by atoms with Crippen molar-refractivity contribution in [2.75, 3.05) is 19.8 Å². The summed E-state index contributed by atoms with van der Waals surface area (Å²) >= 11 is 0. The monoisotopic (exact) mass is 442 g/mol. The molecular weight excluding hydrogens is 408 g/mol. The van der Waals surface area contributed by atoms with Crippen molar-refractivity contribution in [2.45, 2.75) is 102 Å². The van der Waals surface area contributed by atoms with Gasteiger partial charge < -0.3 is 42.6 Å². The van der Waals surface area contributed by atoms with E-state index in [4.69, 9.17) is 42.6 Å². The van der Waals surface area contributed by atoms with Gasteiger partial charge in [0.15, 0.2) is 29.9 Å². The van der Waals surface area contributed by atoms with E-state index in [2.05, 4.69) is 0 Å². The molecule has 4 saturated heterocycles. The Morgan fingerprint density at radius 1 is 0.742 bits per heavy atom. The van der Waals surface area contributed by atoms with Crippen LogP contribution in [0.5, 0.6) is 0 Å². The van der Waals surface area contributed by atoms with Crippen LogP contribution in [0, 0.1) is 5.92 Å². The molecule has 9 nitrogen and oxygen atoms in total. The van der Waals surface area contributed by atoms with Gasteiger partial charge in [-0.1, -0.05) is 6.08 Å². The number of ether oxygens (including phenoxy) is 9. The van der Waals surface area contributed by atoms with Gasteiger partial charge in [0.2, 0.25) is 0 Å². The third-order valence-corrected chi connectivity index (χ3v) is 6.22. The highest BCUT2D eigenvalue weighted by Crippen LogP contribution is 2.44. The summed E-state index contributed by atoms with van der Waals surface area (Å²) in [4.78, 5) is 0. The largest absolute Gasteiger partial charge is 0.348 e. The van der Waals surface area contributed by atoms with Crippen molar-refractivity contribution in [2.24, 2.45) is 5.92 Å². The average molecular weight is 443 g/mol. The summed E-state index contributed by atoms with van der Waals surface area (Å²) in [5.41, 5.74) is 0. The maximum atomic E-state index is 6.23. The SMILES string of the molecule is CC1(C)O[C@H]2O[C@H]([C@H]3COC(C)(C)O3)[C@H](CO[C@H]3C=C[C@@H]4OC(C)(C)OC[C@H]4O3)[C@H]2O1. The minimum atomic E-state index is -0.705. The molecule has 9 heteroatoms. The first-order valence-electron chi connectivity index (χ1n) is 11.1. The van der Waals surface area contributed by atoms with Gasteiger partial charge in [-0.2, -0.15) is 0 Å². The van der Waals surface area contributed by atoms with E-state index in [9.17, 15) is 0 Å². The van der Waals surface area contributed by atoms with Crippen LogP contribution in [0.3, 0.4) is 0 Å². The molecule has 5 aliphatic rings. The van der Waals surface area contributed by atoms with E-state index in [0.29, 0.717) is 19.8 Å². The fourth-order valence-electron chi connectivity index (χ4n) is 4.84. The molecule has 0 aromatic heterocycles. The highest BCUT2D eigenvalue weighted by molar-refractivity contribution is 5.03. The molecule has 0 unspecified atom stereocenters. The molecule has 8 atom stereocenters. The Labute approximate surface area is 183 Å². The first-order valence-corrected chi connectivity index (χ1v) is 11.1. The van der Waals surface area contributed by atoms with Gasteiger partial charge in [-0.15, -0.1) is 0 Å². The van der Waals surface area contributed by atoms with Crippen LogP contribution in [0.25, 0.3) is 0 Å². The smallest absolute Gasteiger partial charge is 0.188 e. The van der Waals surface area contributed by atoms with Crippen molar-refractivity contribution in [3.63, 3.8) is 0 Å². The predicted octanol–water partition coefficient (Wildman–Crippen LogP) is 2.08. The van der Waals surface area contributed by atoms with Crippen molar-refractivity contribution in [1.29, 1.82) is 0 Å². The summed E-state index contributed by atoms with van der Waals surface area (Å²) in [6.07, 6.45) is 1.82. The number of hydrogen-bond acceptors (Lipinski definition) is 9. The van der Waals surface area contributed by atoms with Crippen molar-refractivity contribution >= 4 is 0 Å². The molecule has 0 aromatic rings.